The lowest BCUT2D eigenvalue weighted by atomic mass is 9.93. The first-order valence-electron chi connectivity index (χ1n) is 7.21. The minimum atomic E-state index is 0.528. The summed E-state index contributed by atoms with van der Waals surface area (Å²) in [6, 6.07) is 0.713. The SMILES string of the molecule is CCCCCOC1CCCC(NCCC)C1. The molecule has 0 amide bonds. The van der Waals surface area contributed by atoms with Gasteiger partial charge >= 0.3 is 0 Å². The third-order valence-electron chi connectivity index (χ3n) is 3.41. The second kappa shape index (κ2) is 9.00. The van der Waals surface area contributed by atoms with Crippen molar-refractivity contribution in [2.45, 2.75) is 77.4 Å². The number of ether oxygens (including phenoxy) is 1. The Labute approximate surface area is 101 Å². The summed E-state index contributed by atoms with van der Waals surface area (Å²) in [5, 5.41) is 3.62. The van der Waals surface area contributed by atoms with Crippen molar-refractivity contribution in [2.24, 2.45) is 0 Å². The van der Waals surface area contributed by atoms with Gasteiger partial charge in [-0.05, 0) is 45.1 Å². The number of rotatable bonds is 8. The van der Waals surface area contributed by atoms with Gasteiger partial charge in [0.2, 0.25) is 0 Å². The topological polar surface area (TPSA) is 21.3 Å². The van der Waals surface area contributed by atoms with Gasteiger partial charge < -0.3 is 10.1 Å². The molecule has 1 aliphatic carbocycles. The largest absolute Gasteiger partial charge is 0.378 e. The van der Waals surface area contributed by atoms with Gasteiger partial charge in [-0.3, -0.25) is 0 Å². The summed E-state index contributed by atoms with van der Waals surface area (Å²) in [4.78, 5) is 0. The number of nitrogens with one attached hydrogen (secondary N) is 1. The normalized spacial score (nSPS) is 25.9. The molecule has 2 unspecified atom stereocenters. The highest BCUT2D eigenvalue weighted by Crippen LogP contribution is 2.21. The Hall–Kier alpha value is -0.0800. The molecule has 1 fully saturated rings. The molecule has 0 bridgehead atoms. The highest BCUT2D eigenvalue weighted by atomic mass is 16.5. The van der Waals surface area contributed by atoms with E-state index in [0.717, 1.165) is 13.2 Å². The Morgan fingerprint density at radius 2 is 2.00 bits per heavy atom. The maximum Gasteiger partial charge on any atom is 0.0590 e. The van der Waals surface area contributed by atoms with Crippen molar-refractivity contribution in [2.75, 3.05) is 13.2 Å². The number of unbranched alkanes of at least 4 members (excludes halogenated alkanes) is 2. The van der Waals surface area contributed by atoms with Gasteiger partial charge in [0.15, 0.2) is 0 Å². The zero-order valence-electron chi connectivity index (χ0n) is 11.1. The fraction of sp³-hybridized carbons (Fsp3) is 1.00. The van der Waals surface area contributed by atoms with E-state index in [1.807, 2.05) is 0 Å². The van der Waals surface area contributed by atoms with Crippen LogP contribution in [0, 0.1) is 0 Å². The first-order valence-corrected chi connectivity index (χ1v) is 7.21. The van der Waals surface area contributed by atoms with E-state index in [9.17, 15) is 0 Å². The molecule has 0 spiro atoms. The molecular weight excluding hydrogens is 198 g/mol. The molecule has 0 saturated heterocycles. The van der Waals surface area contributed by atoms with Crippen molar-refractivity contribution < 1.29 is 4.74 Å². The van der Waals surface area contributed by atoms with Gasteiger partial charge in [0, 0.05) is 12.6 Å². The van der Waals surface area contributed by atoms with E-state index in [0.29, 0.717) is 12.1 Å². The Kier molecular flexibility index (Phi) is 7.87. The van der Waals surface area contributed by atoms with Gasteiger partial charge in [0.1, 0.15) is 0 Å². The van der Waals surface area contributed by atoms with Crippen molar-refractivity contribution in [3.8, 4) is 0 Å². The van der Waals surface area contributed by atoms with E-state index < -0.39 is 0 Å². The monoisotopic (exact) mass is 227 g/mol. The molecular formula is C14H29NO. The van der Waals surface area contributed by atoms with Crippen LogP contribution in [0.2, 0.25) is 0 Å². The lowest BCUT2D eigenvalue weighted by molar-refractivity contribution is 0.0178. The van der Waals surface area contributed by atoms with E-state index in [1.54, 1.807) is 0 Å². The summed E-state index contributed by atoms with van der Waals surface area (Å²) >= 11 is 0. The van der Waals surface area contributed by atoms with Crippen LogP contribution in [0.1, 0.15) is 65.2 Å². The maximum atomic E-state index is 5.96. The predicted octanol–water partition coefficient (Wildman–Crippen LogP) is 3.50. The van der Waals surface area contributed by atoms with Gasteiger partial charge in [-0.2, -0.15) is 0 Å². The molecule has 0 aromatic rings. The standard InChI is InChI=1S/C14H29NO/c1-3-5-6-11-16-14-9-7-8-13(12-14)15-10-4-2/h13-15H,3-12H2,1-2H3. The third kappa shape index (κ3) is 5.86. The summed E-state index contributed by atoms with van der Waals surface area (Å²) < 4.78 is 5.96. The van der Waals surface area contributed by atoms with Crippen LogP contribution in [0.4, 0.5) is 0 Å². The van der Waals surface area contributed by atoms with Crippen LogP contribution in [0.15, 0.2) is 0 Å². The molecule has 0 aromatic heterocycles. The van der Waals surface area contributed by atoms with Crippen molar-refractivity contribution in [3.63, 3.8) is 0 Å². The van der Waals surface area contributed by atoms with Crippen LogP contribution in [0.25, 0.3) is 0 Å². The molecule has 0 aliphatic heterocycles. The first kappa shape index (κ1) is 14.0. The summed E-state index contributed by atoms with van der Waals surface area (Å²) in [7, 11) is 0. The summed E-state index contributed by atoms with van der Waals surface area (Å²) in [6.45, 7) is 6.60. The fourth-order valence-electron chi connectivity index (χ4n) is 2.43. The highest BCUT2D eigenvalue weighted by molar-refractivity contribution is 4.78. The third-order valence-corrected chi connectivity index (χ3v) is 3.41. The van der Waals surface area contributed by atoms with Gasteiger partial charge in [0.05, 0.1) is 6.10 Å². The van der Waals surface area contributed by atoms with E-state index in [2.05, 4.69) is 19.2 Å². The average molecular weight is 227 g/mol. The van der Waals surface area contributed by atoms with Crippen LogP contribution >= 0.6 is 0 Å². The van der Waals surface area contributed by atoms with Crippen LogP contribution in [0.5, 0.6) is 0 Å². The predicted molar refractivity (Wildman–Crippen MR) is 69.8 cm³/mol. The average Bonchev–Trinajstić information content (AvgIpc) is 2.33. The molecule has 0 heterocycles. The Bertz CT molecular complexity index is 161. The second-order valence-corrected chi connectivity index (χ2v) is 5.02. The summed E-state index contributed by atoms with van der Waals surface area (Å²) in [5.41, 5.74) is 0. The van der Waals surface area contributed by atoms with Gasteiger partial charge in [0.25, 0.3) is 0 Å². The van der Waals surface area contributed by atoms with E-state index in [-0.39, 0.29) is 0 Å². The van der Waals surface area contributed by atoms with Crippen molar-refractivity contribution in [1.29, 1.82) is 0 Å². The smallest absolute Gasteiger partial charge is 0.0590 e. The molecule has 1 N–H and O–H groups in total. The number of hydrogen-bond donors (Lipinski definition) is 1. The highest BCUT2D eigenvalue weighted by Gasteiger charge is 2.21. The molecule has 2 atom stereocenters. The zero-order valence-corrected chi connectivity index (χ0v) is 11.1. The quantitative estimate of drug-likeness (QED) is 0.641. The molecule has 0 aromatic carbocycles. The first-order chi connectivity index (χ1) is 7.86. The molecule has 1 saturated carbocycles. The van der Waals surface area contributed by atoms with Crippen LogP contribution in [0.3, 0.4) is 0 Å². The van der Waals surface area contributed by atoms with Crippen molar-refractivity contribution in [1.82, 2.24) is 5.32 Å². The Balaban J connectivity index is 2.07. The zero-order chi connectivity index (χ0) is 11.6. The van der Waals surface area contributed by atoms with Crippen LogP contribution in [-0.4, -0.2) is 25.3 Å². The Morgan fingerprint density at radius 1 is 1.12 bits per heavy atom. The molecule has 0 radical (unpaired) electrons. The lowest BCUT2D eigenvalue weighted by Gasteiger charge is -2.29. The molecule has 2 nitrogen and oxygen atoms in total. The minimum Gasteiger partial charge on any atom is -0.378 e. The molecule has 16 heavy (non-hydrogen) atoms. The molecule has 1 rings (SSSR count). The van der Waals surface area contributed by atoms with Crippen molar-refractivity contribution >= 4 is 0 Å². The van der Waals surface area contributed by atoms with E-state index in [4.69, 9.17) is 4.74 Å². The lowest BCUT2D eigenvalue weighted by Crippen LogP contribution is -2.37. The van der Waals surface area contributed by atoms with Crippen LogP contribution < -0.4 is 5.32 Å². The summed E-state index contributed by atoms with van der Waals surface area (Å²) in [5.74, 6) is 0. The Morgan fingerprint density at radius 3 is 2.75 bits per heavy atom. The molecule has 96 valence electrons. The summed E-state index contributed by atoms with van der Waals surface area (Å²) in [6.07, 6.45) is 10.8. The van der Waals surface area contributed by atoms with E-state index >= 15 is 0 Å². The van der Waals surface area contributed by atoms with Gasteiger partial charge in [-0.25, -0.2) is 0 Å². The number of hydrogen-bond acceptors (Lipinski definition) is 2. The maximum absolute atomic E-state index is 5.96. The van der Waals surface area contributed by atoms with Gasteiger partial charge in [-0.1, -0.05) is 26.7 Å². The van der Waals surface area contributed by atoms with E-state index in [1.165, 1.54) is 51.4 Å². The molecule has 2 heteroatoms. The second-order valence-electron chi connectivity index (χ2n) is 5.02. The van der Waals surface area contributed by atoms with Crippen LogP contribution in [-0.2, 0) is 4.74 Å². The minimum absolute atomic E-state index is 0.528. The van der Waals surface area contributed by atoms with Gasteiger partial charge in [-0.15, -0.1) is 0 Å². The molecule has 1 aliphatic rings. The van der Waals surface area contributed by atoms with Crippen molar-refractivity contribution in [3.05, 3.63) is 0 Å². The fourth-order valence-corrected chi connectivity index (χ4v) is 2.43.